The molecule has 4 heteroatoms. The summed E-state index contributed by atoms with van der Waals surface area (Å²) >= 11 is 0. The zero-order chi connectivity index (χ0) is 14.5. The third kappa shape index (κ3) is 2.96. The van der Waals surface area contributed by atoms with Gasteiger partial charge in [0.15, 0.2) is 0 Å². The van der Waals surface area contributed by atoms with Crippen LogP contribution in [0, 0.1) is 0 Å². The first kappa shape index (κ1) is 14.9. The molecule has 1 aliphatic rings. The Balaban J connectivity index is 2.23. The number of carbonyl (C=O) groups is 1. The zero-order valence-corrected chi connectivity index (χ0v) is 12.6. The second kappa shape index (κ2) is 6.75. The van der Waals surface area contributed by atoms with Gasteiger partial charge < -0.3 is 9.64 Å². The Hall–Kier alpha value is -1.55. The molecule has 1 heterocycles. The summed E-state index contributed by atoms with van der Waals surface area (Å²) in [4.78, 5) is 14.2. The number of ether oxygens (including phenoxy) is 1. The van der Waals surface area contributed by atoms with Crippen LogP contribution in [-0.2, 0) is 4.79 Å². The van der Waals surface area contributed by atoms with E-state index in [1.54, 1.807) is 7.11 Å². The van der Waals surface area contributed by atoms with Gasteiger partial charge in [0, 0.05) is 11.6 Å². The monoisotopic (exact) mass is 276 g/mol. The van der Waals surface area contributed by atoms with Gasteiger partial charge in [-0.25, -0.2) is 0 Å². The third-order valence-electron chi connectivity index (χ3n) is 3.90. The van der Waals surface area contributed by atoms with Crippen molar-refractivity contribution in [2.45, 2.75) is 45.3 Å². The number of carbonyl (C=O) groups excluding carboxylic acids is 1. The molecular formula is C16H24N2O2. The van der Waals surface area contributed by atoms with Crippen molar-refractivity contribution in [1.82, 2.24) is 10.2 Å². The number of benzene rings is 1. The first-order valence-electron chi connectivity index (χ1n) is 7.36. The van der Waals surface area contributed by atoms with Gasteiger partial charge in [0.1, 0.15) is 11.9 Å². The molecule has 0 saturated carbocycles. The molecule has 0 bridgehead atoms. The van der Waals surface area contributed by atoms with Crippen molar-refractivity contribution < 1.29 is 9.53 Å². The number of nitrogens with one attached hydrogen (secondary N) is 1. The zero-order valence-electron chi connectivity index (χ0n) is 12.6. The van der Waals surface area contributed by atoms with Crippen molar-refractivity contribution in [3.8, 4) is 5.75 Å². The van der Waals surface area contributed by atoms with Crippen LogP contribution in [0.3, 0.4) is 0 Å². The van der Waals surface area contributed by atoms with Crippen molar-refractivity contribution in [1.29, 1.82) is 0 Å². The van der Waals surface area contributed by atoms with Crippen LogP contribution < -0.4 is 10.1 Å². The predicted molar refractivity (Wildman–Crippen MR) is 79.6 cm³/mol. The number of hydrogen-bond donors (Lipinski definition) is 1. The molecule has 1 aromatic rings. The maximum Gasteiger partial charge on any atom is 0.238 e. The maximum absolute atomic E-state index is 12.2. The van der Waals surface area contributed by atoms with E-state index >= 15 is 0 Å². The largest absolute Gasteiger partial charge is 0.496 e. The summed E-state index contributed by atoms with van der Waals surface area (Å²) in [6.45, 7) is 4.70. The Morgan fingerprint density at radius 1 is 1.45 bits per heavy atom. The Bertz CT molecular complexity index is 462. The standard InChI is InChI=1S/C16H24N2O2/c1-4-5-8-12(2)18-15(19)11-17-16(18)13-9-6-7-10-14(13)20-3/h6-7,9-10,12,16-17H,4-5,8,11H2,1-3H3. The molecule has 0 radical (unpaired) electrons. The van der Waals surface area contributed by atoms with E-state index in [1.165, 1.54) is 0 Å². The van der Waals surface area contributed by atoms with Gasteiger partial charge in [0.25, 0.3) is 0 Å². The Morgan fingerprint density at radius 2 is 2.20 bits per heavy atom. The summed E-state index contributed by atoms with van der Waals surface area (Å²) in [5.41, 5.74) is 1.03. The van der Waals surface area contributed by atoms with E-state index in [2.05, 4.69) is 19.2 Å². The van der Waals surface area contributed by atoms with Gasteiger partial charge in [-0.05, 0) is 19.4 Å². The number of hydrogen-bond acceptors (Lipinski definition) is 3. The lowest BCUT2D eigenvalue weighted by molar-refractivity contribution is -0.130. The summed E-state index contributed by atoms with van der Waals surface area (Å²) < 4.78 is 5.42. The number of unbranched alkanes of at least 4 members (excludes halogenated alkanes) is 1. The second-order valence-corrected chi connectivity index (χ2v) is 5.32. The minimum atomic E-state index is -0.0782. The number of amides is 1. The number of methoxy groups -OCH3 is 1. The molecule has 1 N–H and O–H groups in total. The van der Waals surface area contributed by atoms with Crippen LogP contribution in [-0.4, -0.2) is 30.5 Å². The number of para-hydroxylation sites is 1. The van der Waals surface area contributed by atoms with Gasteiger partial charge in [-0.15, -0.1) is 0 Å². The van der Waals surface area contributed by atoms with Gasteiger partial charge >= 0.3 is 0 Å². The van der Waals surface area contributed by atoms with Crippen LogP contribution in [0.25, 0.3) is 0 Å². The van der Waals surface area contributed by atoms with Crippen LogP contribution in [0.5, 0.6) is 5.75 Å². The Labute approximate surface area is 121 Å². The van der Waals surface area contributed by atoms with Gasteiger partial charge in [-0.1, -0.05) is 38.0 Å². The minimum absolute atomic E-state index is 0.0782. The number of nitrogens with zero attached hydrogens (tertiary/aromatic N) is 1. The second-order valence-electron chi connectivity index (χ2n) is 5.32. The van der Waals surface area contributed by atoms with E-state index < -0.39 is 0 Å². The lowest BCUT2D eigenvalue weighted by Crippen LogP contribution is -2.38. The molecule has 2 unspecified atom stereocenters. The third-order valence-corrected chi connectivity index (χ3v) is 3.90. The highest BCUT2D eigenvalue weighted by molar-refractivity contribution is 5.81. The highest BCUT2D eigenvalue weighted by Crippen LogP contribution is 2.32. The molecule has 1 amide bonds. The van der Waals surface area contributed by atoms with Gasteiger partial charge in [-0.2, -0.15) is 0 Å². The van der Waals surface area contributed by atoms with Crippen LogP contribution in [0.4, 0.5) is 0 Å². The fraction of sp³-hybridized carbons (Fsp3) is 0.562. The normalized spacial score (nSPS) is 20.2. The van der Waals surface area contributed by atoms with E-state index in [9.17, 15) is 4.79 Å². The van der Waals surface area contributed by atoms with Crippen LogP contribution in [0.2, 0.25) is 0 Å². The molecule has 2 rings (SSSR count). The van der Waals surface area contributed by atoms with E-state index in [0.717, 1.165) is 30.6 Å². The fourth-order valence-electron chi connectivity index (χ4n) is 2.81. The fourth-order valence-corrected chi connectivity index (χ4v) is 2.81. The Kier molecular flexibility index (Phi) is 5.01. The summed E-state index contributed by atoms with van der Waals surface area (Å²) in [5, 5.41) is 3.30. The first-order chi connectivity index (χ1) is 9.69. The Morgan fingerprint density at radius 3 is 2.90 bits per heavy atom. The van der Waals surface area contributed by atoms with Crippen LogP contribution in [0.15, 0.2) is 24.3 Å². The molecule has 110 valence electrons. The quantitative estimate of drug-likeness (QED) is 0.868. The van der Waals surface area contributed by atoms with Crippen molar-refractivity contribution in [3.05, 3.63) is 29.8 Å². The molecule has 4 nitrogen and oxygen atoms in total. The molecule has 20 heavy (non-hydrogen) atoms. The van der Waals surface area contributed by atoms with Gasteiger partial charge in [0.2, 0.25) is 5.91 Å². The van der Waals surface area contributed by atoms with Crippen molar-refractivity contribution >= 4 is 5.91 Å². The average molecular weight is 276 g/mol. The highest BCUT2D eigenvalue weighted by atomic mass is 16.5. The summed E-state index contributed by atoms with van der Waals surface area (Å²) in [5.74, 6) is 0.997. The molecule has 1 aliphatic heterocycles. The first-order valence-corrected chi connectivity index (χ1v) is 7.36. The van der Waals surface area contributed by atoms with E-state index in [-0.39, 0.29) is 18.1 Å². The average Bonchev–Trinajstić information content (AvgIpc) is 2.86. The summed E-state index contributed by atoms with van der Waals surface area (Å²) in [6, 6.07) is 8.14. The van der Waals surface area contributed by atoms with Crippen molar-refractivity contribution in [2.75, 3.05) is 13.7 Å². The molecule has 0 aliphatic carbocycles. The topological polar surface area (TPSA) is 41.6 Å². The van der Waals surface area contributed by atoms with E-state index in [1.807, 2.05) is 29.2 Å². The van der Waals surface area contributed by atoms with Gasteiger partial charge in [0.05, 0.1) is 13.7 Å². The SMILES string of the molecule is CCCCC(C)N1C(=O)CNC1c1ccccc1OC. The van der Waals surface area contributed by atoms with Crippen molar-refractivity contribution in [2.24, 2.45) is 0 Å². The molecule has 2 atom stereocenters. The molecule has 0 aromatic heterocycles. The van der Waals surface area contributed by atoms with E-state index in [4.69, 9.17) is 4.74 Å². The lowest BCUT2D eigenvalue weighted by Gasteiger charge is -2.31. The smallest absolute Gasteiger partial charge is 0.238 e. The molecule has 1 aromatic carbocycles. The predicted octanol–water partition coefficient (Wildman–Crippen LogP) is 2.70. The van der Waals surface area contributed by atoms with E-state index in [0.29, 0.717) is 6.54 Å². The molecule has 0 spiro atoms. The van der Waals surface area contributed by atoms with Gasteiger partial charge in [-0.3, -0.25) is 10.1 Å². The molecular weight excluding hydrogens is 252 g/mol. The molecule has 1 fully saturated rings. The maximum atomic E-state index is 12.2. The van der Waals surface area contributed by atoms with Crippen LogP contribution in [0.1, 0.15) is 44.8 Å². The van der Waals surface area contributed by atoms with Crippen molar-refractivity contribution in [3.63, 3.8) is 0 Å². The summed E-state index contributed by atoms with van der Waals surface area (Å²) in [6.07, 6.45) is 3.25. The lowest BCUT2D eigenvalue weighted by atomic mass is 10.1. The van der Waals surface area contributed by atoms with Crippen LogP contribution >= 0.6 is 0 Å². The molecule has 1 saturated heterocycles. The number of rotatable bonds is 6. The summed E-state index contributed by atoms with van der Waals surface area (Å²) in [7, 11) is 1.67. The minimum Gasteiger partial charge on any atom is -0.496 e. The highest BCUT2D eigenvalue weighted by Gasteiger charge is 2.35.